The topological polar surface area (TPSA) is 110 Å². The molecule has 11 heteroatoms. The first-order valence-corrected chi connectivity index (χ1v) is 15.5. The van der Waals surface area contributed by atoms with Gasteiger partial charge in [0.15, 0.2) is 5.82 Å². The maximum absolute atomic E-state index is 13.5. The number of hydrogen-bond donors (Lipinski definition) is 2. The van der Waals surface area contributed by atoms with E-state index in [4.69, 9.17) is 0 Å². The van der Waals surface area contributed by atoms with E-state index in [9.17, 15) is 14.0 Å². The molecule has 0 spiro atoms. The van der Waals surface area contributed by atoms with E-state index in [-0.39, 0.29) is 17.6 Å². The molecule has 10 nitrogen and oxygen atoms in total. The normalized spacial score (nSPS) is 18.7. The molecule has 2 fully saturated rings. The highest BCUT2D eigenvalue weighted by Gasteiger charge is 2.41. The molecule has 46 heavy (non-hydrogen) atoms. The average molecular weight is 619 g/mol. The first-order valence-electron chi connectivity index (χ1n) is 15.5. The molecule has 7 rings (SSSR count). The molecule has 2 amide bonds. The number of nitrogens with one attached hydrogen (secondary N) is 2. The van der Waals surface area contributed by atoms with Crippen LogP contribution in [0.4, 0.5) is 15.8 Å². The van der Waals surface area contributed by atoms with E-state index in [1.54, 1.807) is 30.6 Å². The van der Waals surface area contributed by atoms with Gasteiger partial charge < -0.3 is 15.1 Å². The fraction of sp³-hybridized carbons (Fsp3) is 0.286. The molecule has 0 bridgehead atoms. The van der Waals surface area contributed by atoms with Crippen molar-refractivity contribution >= 4 is 34.1 Å². The van der Waals surface area contributed by atoms with Crippen molar-refractivity contribution in [2.75, 3.05) is 56.0 Å². The molecule has 5 aromatic rings. The summed E-state index contributed by atoms with van der Waals surface area (Å²) in [7, 11) is 0. The lowest BCUT2D eigenvalue weighted by atomic mass is 9.88. The van der Waals surface area contributed by atoms with Crippen LogP contribution >= 0.6 is 0 Å². The number of anilines is 2. The van der Waals surface area contributed by atoms with Crippen molar-refractivity contribution in [2.24, 2.45) is 5.41 Å². The molecule has 234 valence electrons. The summed E-state index contributed by atoms with van der Waals surface area (Å²) in [6, 6.07) is 21.8. The Balaban J connectivity index is 0.921. The molecule has 2 aliphatic rings. The summed E-state index contributed by atoms with van der Waals surface area (Å²) in [5.74, 6) is 0.414. The molecule has 2 N–H and O–H groups in total. The number of aromatic amines is 1. The van der Waals surface area contributed by atoms with Crippen molar-refractivity contribution in [3.8, 4) is 22.6 Å². The number of amides is 2. The number of H-pyrrole nitrogens is 1. The van der Waals surface area contributed by atoms with Crippen LogP contribution in [0.25, 0.3) is 33.5 Å². The second-order valence-electron chi connectivity index (χ2n) is 12.3. The van der Waals surface area contributed by atoms with Crippen LogP contribution < -0.4 is 10.2 Å². The zero-order chi connectivity index (χ0) is 31.7. The lowest BCUT2D eigenvalue weighted by Gasteiger charge is -2.37. The maximum atomic E-state index is 13.5. The van der Waals surface area contributed by atoms with Gasteiger partial charge in [0.05, 0.1) is 23.2 Å². The Morgan fingerprint density at radius 1 is 0.913 bits per heavy atom. The molecule has 1 atom stereocenters. The summed E-state index contributed by atoms with van der Waals surface area (Å²) in [6.07, 6.45) is 4.14. The minimum Gasteiger partial charge on any atom is -0.368 e. The third kappa shape index (κ3) is 6.05. The van der Waals surface area contributed by atoms with Gasteiger partial charge in [-0.2, -0.15) is 5.10 Å². The van der Waals surface area contributed by atoms with E-state index in [2.05, 4.69) is 47.4 Å². The number of aromatic nitrogens is 4. The Morgan fingerprint density at radius 3 is 2.37 bits per heavy atom. The van der Waals surface area contributed by atoms with Crippen LogP contribution in [0.5, 0.6) is 0 Å². The number of halogens is 1. The number of rotatable bonds is 7. The van der Waals surface area contributed by atoms with Crippen LogP contribution in [0.2, 0.25) is 0 Å². The van der Waals surface area contributed by atoms with Crippen molar-refractivity contribution in [3.05, 3.63) is 91.0 Å². The minimum absolute atomic E-state index is 0.0768. The number of fused-ring (bicyclic) bond motifs is 1. The molecule has 0 saturated carbocycles. The lowest BCUT2D eigenvalue weighted by Crippen LogP contribution is -2.51. The molecule has 4 heterocycles. The summed E-state index contributed by atoms with van der Waals surface area (Å²) in [5, 5.41) is 11.3. The van der Waals surface area contributed by atoms with E-state index < -0.39 is 5.41 Å². The Bertz CT molecular complexity index is 1850. The Morgan fingerprint density at radius 2 is 1.63 bits per heavy atom. The third-order valence-corrected chi connectivity index (χ3v) is 9.09. The molecule has 1 unspecified atom stereocenters. The van der Waals surface area contributed by atoms with Gasteiger partial charge in [0, 0.05) is 73.0 Å². The smallest absolute Gasteiger partial charge is 0.236 e. The van der Waals surface area contributed by atoms with Crippen LogP contribution in [-0.2, 0) is 9.59 Å². The predicted octanol–water partition coefficient (Wildman–Crippen LogP) is 4.83. The second-order valence-corrected chi connectivity index (χ2v) is 12.3. The minimum atomic E-state index is -0.624. The summed E-state index contributed by atoms with van der Waals surface area (Å²) in [5.41, 5.74) is 4.44. The summed E-state index contributed by atoms with van der Waals surface area (Å²) in [6.45, 7) is 6.29. The van der Waals surface area contributed by atoms with Crippen molar-refractivity contribution in [1.29, 1.82) is 0 Å². The lowest BCUT2D eigenvalue weighted by molar-refractivity contribution is -0.133. The molecule has 2 aromatic heterocycles. The Hall–Kier alpha value is -5.16. The molecule has 3 aromatic carbocycles. The van der Waals surface area contributed by atoms with Crippen LogP contribution in [-0.4, -0.2) is 87.6 Å². The second kappa shape index (κ2) is 12.3. The van der Waals surface area contributed by atoms with Gasteiger partial charge in [-0.25, -0.2) is 14.4 Å². The van der Waals surface area contributed by atoms with Crippen LogP contribution in [0, 0.1) is 11.2 Å². The predicted molar refractivity (Wildman–Crippen MR) is 176 cm³/mol. The average Bonchev–Trinajstić information content (AvgIpc) is 3.69. The van der Waals surface area contributed by atoms with Crippen LogP contribution in [0.3, 0.4) is 0 Å². The van der Waals surface area contributed by atoms with Gasteiger partial charge in [-0.1, -0.05) is 0 Å². The van der Waals surface area contributed by atoms with Crippen molar-refractivity contribution in [1.82, 2.24) is 30.0 Å². The fourth-order valence-corrected chi connectivity index (χ4v) is 6.35. The van der Waals surface area contributed by atoms with Gasteiger partial charge in [-0.3, -0.25) is 19.6 Å². The standard InChI is InChI=1S/C35H35FN8O2/c1-35(34(46)39-27-9-12-30-29(21-27)32(41-40-30)24-3-7-26(36)8-4-24)13-16-42(23-35)22-31(45)44-19-17-43(18-20-44)28-10-5-25(6-11-28)33-37-14-2-15-38-33/h2-12,14-15,21H,13,16-20,22-23H2,1H3,(H,39,46)(H,40,41). The highest BCUT2D eigenvalue weighted by molar-refractivity contribution is 6.00. The largest absolute Gasteiger partial charge is 0.368 e. The molecule has 0 aliphatic carbocycles. The molecular formula is C35H35FN8O2. The van der Waals surface area contributed by atoms with Crippen molar-refractivity contribution < 1.29 is 14.0 Å². The first-order chi connectivity index (χ1) is 22.3. The highest BCUT2D eigenvalue weighted by Crippen LogP contribution is 2.33. The number of carbonyl (C=O) groups is 2. The maximum Gasteiger partial charge on any atom is 0.236 e. The Kier molecular flexibility index (Phi) is 7.91. The number of carbonyl (C=O) groups excluding carboxylic acids is 2. The summed E-state index contributed by atoms with van der Waals surface area (Å²) in [4.78, 5) is 41.7. The van der Waals surface area contributed by atoms with E-state index >= 15 is 0 Å². The van der Waals surface area contributed by atoms with Gasteiger partial charge >= 0.3 is 0 Å². The number of piperazine rings is 1. The number of likely N-dealkylation sites (tertiary alicyclic amines) is 1. The van der Waals surface area contributed by atoms with E-state index in [0.717, 1.165) is 40.8 Å². The number of hydrogen-bond acceptors (Lipinski definition) is 7. The monoisotopic (exact) mass is 618 g/mol. The third-order valence-electron chi connectivity index (χ3n) is 9.09. The fourth-order valence-electron chi connectivity index (χ4n) is 6.35. The van der Waals surface area contributed by atoms with Gasteiger partial charge in [-0.15, -0.1) is 0 Å². The highest BCUT2D eigenvalue weighted by atomic mass is 19.1. The molecule has 0 radical (unpaired) electrons. The first kappa shape index (κ1) is 29.5. The SMILES string of the molecule is CC1(C(=O)Nc2ccc3[nH]nc(-c4ccc(F)cc4)c3c2)CCN(CC(=O)N2CCN(c3ccc(-c4ncccn4)cc3)CC2)C1. The Labute approximate surface area is 266 Å². The van der Waals surface area contributed by atoms with Crippen molar-refractivity contribution in [2.45, 2.75) is 13.3 Å². The van der Waals surface area contributed by atoms with Crippen LogP contribution in [0.15, 0.2) is 85.2 Å². The number of nitrogens with zero attached hydrogens (tertiary/aromatic N) is 6. The van der Waals surface area contributed by atoms with Gasteiger partial charge in [0.1, 0.15) is 5.82 Å². The van der Waals surface area contributed by atoms with Gasteiger partial charge in [-0.05, 0) is 92.7 Å². The number of benzene rings is 3. The zero-order valence-corrected chi connectivity index (χ0v) is 25.6. The van der Waals surface area contributed by atoms with E-state index in [0.29, 0.717) is 56.4 Å². The summed E-state index contributed by atoms with van der Waals surface area (Å²) >= 11 is 0. The molecular weight excluding hydrogens is 583 g/mol. The van der Waals surface area contributed by atoms with Crippen molar-refractivity contribution in [3.63, 3.8) is 0 Å². The van der Waals surface area contributed by atoms with Crippen LogP contribution in [0.1, 0.15) is 13.3 Å². The molecule has 2 saturated heterocycles. The van der Waals surface area contributed by atoms with E-state index in [1.807, 2.05) is 42.2 Å². The quantitative estimate of drug-likeness (QED) is 0.269. The van der Waals surface area contributed by atoms with Gasteiger partial charge in [0.25, 0.3) is 0 Å². The zero-order valence-electron chi connectivity index (χ0n) is 25.6. The van der Waals surface area contributed by atoms with Gasteiger partial charge in [0.2, 0.25) is 11.8 Å². The summed E-state index contributed by atoms with van der Waals surface area (Å²) < 4.78 is 13.4. The molecule has 2 aliphatic heterocycles. The van der Waals surface area contributed by atoms with E-state index in [1.165, 1.54) is 12.1 Å².